The van der Waals surface area contributed by atoms with Crippen LogP contribution in [0, 0.1) is 5.92 Å². The molecule has 0 radical (unpaired) electrons. The fourth-order valence-electron chi connectivity index (χ4n) is 5.68. The van der Waals surface area contributed by atoms with E-state index in [0.29, 0.717) is 31.2 Å². The molecule has 2 aliphatic rings. The van der Waals surface area contributed by atoms with Crippen LogP contribution in [0.5, 0.6) is 0 Å². The summed E-state index contributed by atoms with van der Waals surface area (Å²) in [6.07, 6.45) is 4.52. The molecule has 0 aliphatic heterocycles. The quantitative estimate of drug-likeness (QED) is 0.764. The Morgan fingerprint density at radius 2 is 1.93 bits per heavy atom. The molecular formula is C26H30O4. The Hall–Kier alpha value is -2.46. The molecule has 0 unspecified atom stereocenters. The van der Waals surface area contributed by atoms with E-state index in [0.717, 1.165) is 30.4 Å². The molecule has 0 amide bonds. The van der Waals surface area contributed by atoms with Gasteiger partial charge in [-0.25, -0.2) is 4.79 Å². The Morgan fingerprint density at radius 3 is 2.63 bits per heavy atom. The summed E-state index contributed by atoms with van der Waals surface area (Å²) in [5, 5.41) is 11.1. The third-order valence-electron chi connectivity index (χ3n) is 7.39. The maximum absolute atomic E-state index is 12.9. The minimum Gasteiger partial charge on any atom is -0.465 e. The summed E-state index contributed by atoms with van der Waals surface area (Å²) in [6.45, 7) is 2.03. The van der Waals surface area contributed by atoms with Gasteiger partial charge < -0.3 is 9.84 Å². The molecule has 2 aromatic carbocycles. The molecule has 1 N–H and O–H groups in total. The first-order valence-corrected chi connectivity index (χ1v) is 10.9. The van der Waals surface area contributed by atoms with Crippen LogP contribution in [0.4, 0.5) is 0 Å². The summed E-state index contributed by atoms with van der Waals surface area (Å²) < 4.78 is 4.90. The van der Waals surface area contributed by atoms with Gasteiger partial charge in [0.25, 0.3) is 0 Å². The lowest BCUT2D eigenvalue weighted by Crippen LogP contribution is -2.49. The molecule has 30 heavy (non-hydrogen) atoms. The lowest BCUT2D eigenvalue weighted by molar-refractivity contribution is -0.121. The number of hydrogen-bond donors (Lipinski definition) is 1. The van der Waals surface area contributed by atoms with Gasteiger partial charge in [-0.15, -0.1) is 0 Å². The van der Waals surface area contributed by atoms with E-state index < -0.39 is 5.60 Å². The van der Waals surface area contributed by atoms with Gasteiger partial charge in [0, 0.05) is 18.3 Å². The Balaban J connectivity index is 1.86. The molecule has 1 saturated carbocycles. The van der Waals surface area contributed by atoms with E-state index in [2.05, 4.69) is 24.3 Å². The molecular weight excluding hydrogens is 376 g/mol. The first-order valence-electron chi connectivity index (χ1n) is 10.9. The zero-order chi connectivity index (χ0) is 21.4. The predicted molar refractivity (Wildman–Crippen MR) is 116 cm³/mol. The van der Waals surface area contributed by atoms with Gasteiger partial charge in [-0.2, -0.15) is 0 Å². The number of esters is 1. The van der Waals surface area contributed by atoms with Gasteiger partial charge >= 0.3 is 5.97 Å². The molecule has 1 fully saturated rings. The van der Waals surface area contributed by atoms with E-state index in [1.807, 2.05) is 31.2 Å². The molecule has 0 heterocycles. The first kappa shape index (κ1) is 20.8. The highest BCUT2D eigenvalue weighted by molar-refractivity contribution is 5.90. The summed E-state index contributed by atoms with van der Waals surface area (Å²) in [5.74, 6) is -0.125. The van der Waals surface area contributed by atoms with Gasteiger partial charge in [0.1, 0.15) is 5.78 Å². The van der Waals surface area contributed by atoms with Gasteiger partial charge in [-0.05, 0) is 66.8 Å². The summed E-state index contributed by atoms with van der Waals surface area (Å²) in [4.78, 5) is 25.1. The van der Waals surface area contributed by atoms with Crippen LogP contribution >= 0.6 is 0 Å². The van der Waals surface area contributed by atoms with Crippen LogP contribution in [0.2, 0.25) is 0 Å². The molecule has 4 rings (SSSR count). The standard InChI is InChI=1S/C26H30O4/c1-3-25(29)11-12-26(16-18-7-5-4-6-8-18)21(17-25)15-22(27)14-20-13-19(24(28)30-2)9-10-23(20)26/h4-10,13,21,29H,3,11-12,14-17H2,1-2H3/t21-,25+,26-/m0/s1. The number of hydrogen-bond acceptors (Lipinski definition) is 4. The minimum absolute atomic E-state index is 0.0779. The van der Waals surface area contributed by atoms with Crippen molar-refractivity contribution in [3.63, 3.8) is 0 Å². The van der Waals surface area contributed by atoms with E-state index in [4.69, 9.17) is 4.74 Å². The second kappa shape index (κ2) is 7.99. The predicted octanol–water partition coefficient (Wildman–Crippen LogP) is 4.41. The number of benzene rings is 2. The van der Waals surface area contributed by atoms with Crippen molar-refractivity contribution in [3.05, 3.63) is 70.8 Å². The van der Waals surface area contributed by atoms with Crippen molar-refractivity contribution in [1.82, 2.24) is 0 Å². The van der Waals surface area contributed by atoms with Crippen molar-refractivity contribution < 1.29 is 19.4 Å². The van der Waals surface area contributed by atoms with E-state index in [9.17, 15) is 14.7 Å². The molecule has 0 saturated heterocycles. The highest BCUT2D eigenvalue weighted by Gasteiger charge is 2.51. The molecule has 0 spiro atoms. The normalized spacial score (nSPS) is 28.2. The third-order valence-corrected chi connectivity index (χ3v) is 7.39. The Morgan fingerprint density at radius 1 is 1.17 bits per heavy atom. The van der Waals surface area contributed by atoms with Gasteiger partial charge in [-0.3, -0.25) is 4.79 Å². The summed E-state index contributed by atoms with van der Waals surface area (Å²) in [7, 11) is 1.37. The van der Waals surface area contributed by atoms with Crippen molar-refractivity contribution in [1.29, 1.82) is 0 Å². The lowest BCUT2D eigenvalue weighted by atomic mass is 9.55. The van der Waals surface area contributed by atoms with Crippen LogP contribution in [0.1, 0.15) is 66.1 Å². The molecule has 4 heteroatoms. The average molecular weight is 407 g/mol. The number of rotatable bonds is 4. The Bertz CT molecular complexity index is 951. The van der Waals surface area contributed by atoms with Crippen molar-refractivity contribution >= 4 is 11.8 Å². The Kier molecular flexibility index (Phi) is 5.54. The van der Waals surface area contributed by atoms with Crippen molar-refractivity contribution in [2.75, 3.05) is 7.11 Å². The largest absolute Gasteiger partial charge is 0.465 e. The second-order valence-electron chi connectivity index (χ2n) is 9.08. The molecule has 0 aromatic heterocycles. The van der Waals surface area contributed by atoms with Gasteiger partial charge in [0.2, 0.25) is 0 Å². The van der Waals surface area contributed by atoms with Crippen LogP contribution in [-0.4, -0.2) is 29.6 Å². The minimum atomic E-state index is -0.707. The SMILES string of the molecule is CC[C@@]1(O)CC[C@@]2(Cc3ccccc3)c3ccc(C(=O)OC)cc3CC(=O)C[C@H]2C1. The first-order chi connectivity index (χ1) is 14.4. The summed E-state index contributed by atoms with van der Waals surface area (Å²) in [6, 6.07) is 16.1. The lowest BCUT2D eigenvalue weighted by Gasteiger charge is -2.50. The molecule has 2 aliphatic carbocycles. The third kappa shape index (κ3) is 3.69. The summed E-state index contributed by atoms with van der Waals surface area (Å²) in [5.41, 5.74) is 2.89. The molecule has 3 atom stereocenters. The topological polar surface area (TPSA) is 63.6 Å². The number of Topliss-reactive ketones (excluding diaryl/α,β-unsaturated/α-hetero) is 1. The second-order valence-corrected chi connectivity index (χ2v) is 9.08. The van der Waals surface area contributed by atoms with E-state index in [1.165, 1.54) is 12.7 Å². The van der Waals surface area contributed by atoms with Crippen molar-refractivity contribution in [2.24, 2.45) is 5.92 Å². The highest BCUT2D eigenvalue weighted by atomic mass is 16.5. The smallest absolute Gasteiger partial charge is 0.337 e. The number of carbonyl (C=O) groups is 2. The van der Waals surface area contributed by atoms with Crippen LogP contribution in [0.15, 0.2) is 48.5 Å². The number of carbonyl (C=O) groups excluding carboxylic acids is 2. The van der Waals surface area contributed by atoms with E-state index in [-0.39, 0.29) is 23.1 Å². The van der Waals surface area contributed by atoms with E-state index >= 15 is 0 Å². The highest BCUT2D eigenvalue weighted by Crippen LogP contribution is 2.53. The van der Waals surface area contributed by atoms with E-state index in [1.54, 1.807) is 0 Å². The van der Waals surface area contributed by atoms with Gasteiger partial charge in [-0.1, -0.05) is 43.3 Å². The number of ether oxygens (including phenoxy) is 1. The van der Waals surface area contributed by atoms with Gasteiger partial charge in [0.05, 0.1) is 18.3 Å². The van der Waals surface area contributed by atoms with Crippen molar-refractivity contribution in [2.45, 2.75) is 62.9 Å². The molecule has 0 bridgehead atoms. The number of aliphatic hydroxyl groups is 1. The number of methoxy groups -OCH3 is 1. The zero-order valence-electron chi connectivity index (χ0n) is 17.8. The average Bonchev–Trinajstić information content (AvgIpc) is 2.86. The zero-order valence-corrected chi connectivity index (χ0v) is 17.8. The maximum Gasteiger partial charge on any atom is 0.337 e. The number of fused-ring (bicyclic) bond motifs is 3. The van der Waals surface area contributed by atoms with Gasteiger partial charge in [0.15, 0.2) is 0 Å². The van der Waals surface area contributed by atoms with Crippen LogP contribution < -0.4 is 0 Å². The van der Waals surface area contributed by atoms with Crippen LogP contribution in [-0.2, 0) is 27.8 Å². The monoisotopic (exact) mass is 406 g/mol. The maximum atomic E-state index is 12.9. The summed E-state index contributed by atoms with van der Waals surface area (Å²) >= 11 is 0. The number of ketones is 1. The van der Waals surface area contributed by atoms with Crippen LogP contribution in [0.3, 0.4) is 0 Å². The fraction of sp³-hybridized carbons (Fsp3) is 0.462. The molecule has 2 aromatic rings. The van der Waals surface area contributed by atoms with Crippen molar-refractivity contribution in [3.8, 4) is 0 Å². The van der Waals surface area contributed by atoms with Crippen LogP contribution in [0.25, 0.3) is 0 Å². The molecule has 158 valence electrons. The molecule has 4 nitrogen and oxygen atoms in total. The Labute approximate surface area is 178 Å². The fourth-order valence-corrected chi connectivity index (χ4v) is 5.68.